The Kier molecular flexibility index (Phi) is 10.9. The molecule has 2 saturated heterocycles. The standard InChI is InChI=1S/C41H52N6O9S/c1-3-28-21-41(28,39(50)45-57(52,53)32-15-16-32)44-36(48)34-20-30-24-47(34)38(49)35(25-10-6-4-7-11-25)43-40(51)46-22-31(23-46)55-17-9-5-8-12-27-18-26-13-14-29(54-2)19-33(26)42-37(27)56-30/h3,8,12-14,18-19,25,28,30-32,34-35H,1,4-7,9-11,15-17,20-24H2,2H3,(H,43,51)(H,44,48)(H,45,50)/b12-8+/t28?,30-,34+,35+,41-/m1/s1. The number of nitrogens with zero attached hydrogens (tertiary/aromatic N) is 3. The van der Waals surface area contributed by atoms with Crippen molar-refractivity contribution in [1.29, 1.82) is 0 Å². The number of rotatable bonds is 8. The van der Waals surface area contributed by atoms with Gasteiger partial charge in [0.05, 0.1) is 43.6 Å². The van der Waals surface area contributed by atoms with Crippen molar-refractivity contribution < 1.29 is 41.8 Å². The van der Waals surface area contributed by atoms with E-state index in [9.17, 15) is 27.6 Å². The van der Waals surface area contributed by atoms with Gasteiger partial charge >= 0.3 is 6.03 Å². The normalized spacial score (nSPS) is 30.3. The third-order valence-corrected chi connectivity index (χ3v) is 14.2. The minimum absolute atomic E-state index is 0.0107. The third kappa shape index (κ3) is 8.20. The number of benzene rings is 1. The van der Waals surface area contributed by atoms with Crippen molar-refractivity contribution in [3.05, 3.63) is 48.6 Å². The molecule has 4 aliphatic heterocycles. The van der Waals surface area contributed by atoms with Crippen LogP contribution >= 0.6 is 0 Å². The molecule has 57 heavy (non-hydrogen) atoms. The molecule has 3 N–H and O–H groups in total. The van der Waals surface area contributed by atoms with Crippen LogP contribution in [0.25, 0.3) is 17.0 Å². The number of nitrogens with one attached hydrogen (secondary N) is 3. The number of urea groups is 1. The Morgan fingerprint density at radius 2 is 1.84 bits per heavy atom. The number of hydrogen-bond donors (Lipinski definition) is 3. The molecule has 16 heteroatoms. The van der Waals surface area contributed by atoms with Gasteiger partial charge in [0.15, 0.2) is 0 Å². The molecule has 1 aromatic carbocycles. The number of hydrogen-bond acceptors (Lipinski definition) is 10. The quantitative estimate of drug-likeness (QED) is 0.334. The maximum absolute atomic E-state index is 14.9. The topological polar surface area (TPSA) is 186 Å². The van der Waals surface area contributed by atoms with E-state index in [1.54, 1.807) is 12.0 Å². The number of carbonyl (C=O) groups excluding carboxylic acids is 4. The zero-order valence-electron chi connectivity index (χ0n) is 32.3. The summed E-state index contributed by atoms with van der Waals surface area (Å²) in [4.78, 5) is 64.8. The molecule has 1 unspecified atom stereocenters. The van der Waals surface area contributed by atoms with Crippen LogP contribution in [-0.2, 0) is 29.1 Å². The lowest BCUT2D eigenvalue weighted by Crippen LogP contribution is -2.63. The van der Waals surface area contributed by atoms with E-state index in [1.165, 1.54) is 11.0 Å². The summed E-state index contributed by atoms with van der Waals surface area (Å²) >= 11 is 0. The highest BCUT2D eigenvalue weighted by atomic mass is 32.2. The number of aromatic nitrogens is 1. The Bertz CT molecular complexity index is 2060. The van der Waals surface area contributed by atoms with E-state index in [-0.39, 0.29) is 37.4 Å². The summed E-state index contributed by atoms with van der Waals surface area (Å²) in [7, 11) is -2.32. The highest BCUT2D eigenvalue weighted by Crippen LogP contribution is 2.46. The zero-order chi connectivity index (χ0) is 39.9. The molecular weight excluding hydrogens is 753 g/mol. The van der Waals surface area contributed by atoms with Gasteiger partial charge in [-0.1, -0.05) is 37.5 Å². The lowest BCUT2D eigenvalue weighted by Gasteiger charge is -2.41. The van der Waals surface area contributed by atoms with E-state index in [1.807, 2.05) is 36.4 Å². The summed E-state index contributed by atoms with van der Waals surface area (Å²) in [5.41, 5.74) is -0.178. The smallest absolute Gasteiger partial charge is 0.318 e. The van der Waals surface area contributed by atoms with Crippen molar-refractivity contribution in [3.63, 3.8) is 0 Å². The van der Waals surface area contributed by atoms with Gasteiger partial charge in [0.2, 0.25) is 27.7 Å². The zero-order valence-corrected chi connectivity index (χ0v) is 33.1. The number of carbonyl (C=O) groups is 4. The highest BCUT2D eigenvalue weighted by Gasteiger charge is 2.62. The summed E-state index contributed by atoms with van der Waals surface area (Å²) in [5, 5.41) is 6.16. The van der Waals surface area contributed by atoms with Gasteiger partial charge < -0.3 is 34.6 Å². The predicted octanol–water partition coefficient (Wildman–Crippen LogP) is 3.43. The van der Waals surface area contributed by atoms with Crippen LogP contribution in [0.4, 0.5) is 4.79 Å². The number of ether oxygens (including phenoxy) is 3. The molecule has 5 fully saturated rings. The number of fused-ring (bicyclic) bond motifs is 8. The molecule has 3 aliphatic carbocycles. The van der Waals surface area contributed by atoms with Crippen LogP contribution in [-0.4, -0.2) is 115 Å². The molecular formula is C41H52N6O9S. The summed E-state index contributed by atoms with van der Waals surface area (Å²) in [6.45, 7) is 5.20. The Balaban J connectivity index is 1.13. The van der Waals surface area contributed by atoms with Crippen molar-refractivity contribution in [2.24, 2.45) is 11.8 Å². The first-order valence-electron chi connectivity index (χ1n) is 20.3. The molecule has 0 radical (unpaired) electrons. The fourth-order valence-corrected chi connectivity index (χ4v) is 10.0. The number of allylic oxidation sites excluding steroid dienone is 1. The first-order valence-corrected chi connectivity index (χ1v) is 21.8. The van der Waals surface area contributed by atoms with Crippen LogP contribution in [0.1, 0.15) is 76.2 Å². The lowest BCUT2D eigenvalue weighted by atomic mass is 9.83. The lowest BCUT2D eigenvalue weighted by molar-refractivity contribution is -0.142. The van der Waals surface area contributed by atoms with Crippen LogP contribution in [0.3, 0.4) is 0 Å². The molecule has 1 aromatic heterocycles. The van der Waals surface area contributed by atoms with E-state index in [0.29, 0.717) is 49.7 Å². The van der Waals surface area contributed by atoms with Crippen LogP contribution in [0.15, 0.2) is 43.0 Å². The van der Waals surface area contributed by atoms with E-state index in [0.717, 1.165) is 55.9 Å². The van der Waals surface area contributed by atoms with Gasteiger partial charge in [0, 0.05) is 36.0 Å². The Hall–Kier alpha value is -4.70. The summed E-state index contributed by atoms with van der Waals surface area (Å²) in [6, 6.07) is 5.22. The minimum Gasteiger partial charge on any atom is -0.497 e. The first kappa shape index (κ1) is 39.1. The largest absolute Gasteiger partial charge is 0.497 e. The average Bonchev–Trinajstić information content (AvgIpc) is 4.12. The summed E-state index contributed by atoms with van der Waals surface area (Å²) in [5.74, 6) is -1.55. The number of amides is 5. The van der Waals surface area contributed by atoms with Gasteiger partial charge in [-0.3, -0.25) is 19.1 Å². The maximum Gasteiger partial charge on any atom is 0.318 e. The van der Waals surface area contributed by atoms with Gasteiger partial charge in [-0.15, -0.1) is 6.58 Å². The molecule has 306 valence electrons. The molecule has 0 spiro atoms. The Labute approximate surface area is 333 Å². The molecule has 15 nitrogen and oxygen atoms in total. The van der Waals surface area contributed by atoms with Crippen LogP contribution in [0, 0.1) is 11.8 Å². The summed E-state index contributed by atoms with van der Waals surface area (Å²) < 4.78 is 46.0. The molecule has 5 atom stereocenters. The molecule has 7 aliphatic rings. The van der Waals surface area contributed by atoms with Crippen LogP contribution < -0.4 is 24.8 Å². The van der Waals surface area contributed by atoms with E-state index in [2.05, 4.69) is 21.9 Å². The predicted molar refractivity (Wildman–Crippen MR) is 211 cm³/mol. The monoisotopic (exact) mass is 804 g/mol. The van der Waals surface area contributed by atoms with Gasteiger partial charge in [-0.25, -0.2) is 18.2 Å². The average molecular weight is 805 g/mol. The van der Waals surface area contributed by atoms with Crippen molar-refractivity contribution in [3.8, 4) is 11.6 Å². The van der Waals surface area contributed by atoms with Crippen LogP contribution in [0.2, 0.25) is 0 Å². The fourth-order valence-electron chi connectivity index (χ4n) is 8.66. The number of methoxy groups -OCH3 is 1. The van der Waals surface area contributed by atoms with Gasteiger partial charge in [0.1, 0.15) is 29.5 Å². The second-order valence-corrected chi connectivity index (χ2v) is 18.3. The Morgan fingerprint density at radius 3 is 2.56 bits per heavy atom. The van der Waals surface area contributed by atoms with Gasteiger partial charge in [0.25, 0.3) is 5.91 Å². The molecule has 2 aromatic rings. The third-order valence-electron chi connectivity index (χ3n) is 12.4. The van der Waals surface area contributed by atoms with E-state index in [4.69, 9.17) is 19.2 Å². The molecule has 9 rings (SSSR count). The molecule has 5 heterocycles. The first-order chi connectivity index (χ1) is 27.5. The minimum atomic E-state index is -3.90. The van der Waals surface area contributed by atoms with Crippen molar-refractivity contribution in [1.82, 2.24) is 30.1 Å². The van der Waals surface area contributed by atoms with Crippen molar-refractivity contribution in [2.45, 2.75) is 106 Å². The number of pyridine rings is 1. The second-order valence-electron chi connectivity index (χ2n) is 16.4. The van der Waals surface area contributed by atoms with E-state index >= 15 is 0 Å². The second kappa shape index (κ2) is 15.9. The molecule has 3 saturated carbocycles. The maximum atomic E-state index is 14.9. The van der Waals surface area contributed by atoms with Gasteiger partial charge in [-0.05, 0) is 69.1 Å². The number of sulfonamides is 1. The Morgan fingerprint density at radius 1 is 1.05 bits per heavy atom. The molecule has 5 amide bonds. The van der Waals surface area contributed by atoms with Crippen molar-refractivity contribution >= 4 is 50.8 Å². The molecule has 4 bridgehead atoms. The van der Waals surface area contributed by atoms with Crippen molar-refractivity contribution in [2.75, 3.05) is 33.4 Å². The summed E-state index contributed by atoms with van der Waals surface area (Å²) in [6.07, 6.45) is 11.7. The highest BCUT2D eigenvalue weighted by molar-refractivity contribution is 7.91. The van der Waals surface area contributed by atoms with E-state index < -0.39 is 62.6 Å². The van der Waals surface area contributed by atoms with Gasteiger partial charge in [-0.2, -0.15) is 0 Å². The van der Waals surface area contributed by atoms with Crippen LogP contribution in [0.5, 0.6) is 11.6 Å². The SMILES string of the molecule is C=CC1C[C@]1(NC(=O)[C@@H]1C[C@@H]2CN1C(=O)[C@H](C1CCCCC1)NC(=O)N1CC(C1)OCCC/C=C/c1cc3ccc(OC)cc3nc1O2)C(=O)NS(=O)(=O)C1CC1. The fraction of sp³-hybridized carbons (Fsp3) is 0.585.